The first-order valence-electron chi connectivity index (χ1n) is 9.69. The highest BCUT2D eigenvalue weighted by Gasteiger charge is 2.17. The van der Waals surface area contributed by atoms with E-state index in [1.165, 1.54) is 0 Å². The summed E-state index contributed by atoms with van der Waals surface area (Å²) in [4.78, 5) is 0. The maximum absolute atomic E-state index is 10.0. The predicted octanol–water partition coefficient (Wildman–Crippen LogP) is 2.65. The van der Waals surface area contributed by atoms with Gasteiger partial charge in [0, 0.05) is 24.0 Å². The number of nitrogen functional groups attached to an aromatic ring is 1. The Kier molecular flexibility index (Phi) is 5.46. The van der Waals surface area contributed by atoms with Crippen molar-refractivity contribution in [1.29, 1.82) is 0 Å². The minimum Gasteiger partial charge on any atom is -0.493 e. The number of nitrogens with zero attached hydrogens (tertiary/aromatic N) is 2. The van der Waals surface area contributed by atoms with Crippen LogP contribution in [0.3, 0.4) is 0 Å². The topological polar surface area (TPSA) is 90.5 Å². The number of aromatic nitrogens is 2. The lowest BCUT2D eigenvalue weighted by molar-refractivity contribution is 0.0904. The van der Waals surface area contributed by atoms with E-state index in [9.17, 15) is 5.02 Å². The molecule has 1 fully saturated rings. The third-order valence-corrected chi connectivity index (χ3v) is 5.19. The highest BCUT2D eigenvalue weighted by Crippen LogP contribution is 2.32. The molecule has 0 spiro atoms. The Morgan fingerprint density at radius 1 is 1.29 bits per heavy atom. The monoisotopic (exact) mass is 377 g/mol. The van der Waals surface area contributed by atoms with E-state index >= 15 is 0 Å². The van der Waals surface area contributed by atoms with Crippen molar-refractivity contribution in [2.45, 2.75) is 32.2 Å². The third-order valence-electron chi connectivity index (χ3n) is 5.19. The molecule has 1 saturated heterocycles. The van der Waals surface area contributed by atoms with Gasteiger partial charge < -0.3 is 20.2 Å². The van der Waals surface area contributed by atoms with Crippen LogP contribution >= 0.6 is 0 Å². The van der Waals surface area contributed by atoms with Crippen LogP contribution < -0.4 is 15.9 Å². The van der Waals surface area contributed by atoms with E-state index in [-0.39, 0.29) is 0 Å². The molecular weight excluding hydrogens is 353 g/mol. The molecule has 6 nitrogen and oxygen atoms in total. The second-order valence-electron chi connectivity index (χ2n) is 7.24. The fourth-order valence-electron chi connectivity index (χ4n) is 3.58. The zero-order valence-corrected chi connectivity index (χ0v) is 16.0. The number of ether oxygens (including phenoxy) is 2. The van der Waals surface area contributed by atoms with Gasteiger partial charge in [0.15, 0.2) is 0 Å². The van der Waals surface area contributed by atoms with Gasteiger partial charge in [-0.2, -0.15) is 10.2 Å². The molecule has 0 saturated carbocycles. The quantitative estimate of drug-likeness (QED) is 0.642. The van der Waals surface area contributed by atoms with Crippen LogP contribution in [0, 0.1) is 0 Å². The van der Waals surface area contributed by atoms with E-state index in [0.29, 0.717) is 18.4 Å². The van der Waals surface area contributed by atoms with Crippen LogP contribution in [0.1, 0.15) is 19.3 Å². The molecular formula is C21H24BN3O3. The second-order valence-corrected chi connectivity index (χ2v) is 7.24. The number of hydrogen-bond acceptors (Lipinski definition) is 6. The molecule has 0 bridgehead atoms. The molecule has 7 heteroatoms. The van der Waals surface area contributed by atoms with E-state index in [1.807, 2.05) is 36.4 Å². The average Bonchev–Trinajstić information content (AvgIpc) is 3.21. The molecule has 2 heterocycles. The largest absolute Gasteiger partial charge is 0.493 e. The van der Waals surface area contributed by atoms with E-state index in [1.54, 1.807) is 13.0 Å². The Morgan fingerprint density at radius 2 is 2.18 bits per heavy atom. The molecule has 144 valence electrons. The van der Waals surface area contributed by atoms with Crippen LogP contribution in [0.2, 0.25) is 6.82 Å². The van der Waals surface area contributed by atoms with E-state index < -0.39 is 6.92 Å². The molecule has 4 rings (SSSR count). The molecule has 0 radical (unpaired) electrons. The maximum Gasteiger partial charge on any atom is 0.320 e. The lowest BCUT2D eigenvalue weighted by Crippen LogP contribution is -2.26. The standard InChI is InChI=1S/C21H24BN3O3/c1-22(26)15-5-7-21(28-10-8-16-3-2-9-27-16)18(12-15)14-4-6-17-19(23)13-24-25-20(17)11-14/h4-7,11-13,16,26H,2-3,8-10H2,1H3,(H2,23,25). The van der Waals surface area contributed by atoms with E-state index in [4.69, 9.17) is 15.2 Å². The summed E-state index contributed by atoms with van der Waals surface area (Å²) in [5.74, 6) is 0.776. The van der Waals surface area contributed by atoms with Gasteiger partial charge in [-0.05, 0) is 42.1 Å². The minimum atomic E-state index is -0.560. The van der Waals surface area contributed by atoms with Gasteiger partial charge in [0.05, 0.1) is 30.1 Å². The van der Waals surface area contributed by atoms with Crippen molar-refractivity contribution in [3.8, 4) is 16.9 Å². The van der Waals surface area contributed by atoms with Gasteiger partial charge in [0.1, 0.15) is 5.75 Å². The Morgan fingerprint density at radius 3 is 2.96 bits per heavy atom. The SMILES string of the molecule is CB(O)c1ccc(OCCC2CCCO2)c(-c2ccc3c(N)cnnc3c2)c1. The molecule has 1 aromatic heterocycles. The summed E-state index contributed by atoms with van der Waals surface area (Å²) in [7, 11) is 0. The second kappa shape index (κ2) is 8.16. The van der Waals surface area contributed by atoms with Crippen molar-refractivity contribution in [3.63, 3.8) is 0 Å². The molecule has 0 aliphatic carbocycles. The van der Waals surface area contributed by atoms with Gasteiger partial charge in [0.2, 0.25) is 0 Å². The van der Waals surface area contributed by atoms with Crippen LogP contribution in [0.4, 0.5) is 5.69 Å². The summed E-state index contributed by atoms with van der Waals surface area (Å²) in [5.41, 5.74) is 10.0. The summed E-state index contributed by atoms with van der Waals surface area (Å²) < 4.78 is 11.8. The number of fused-ring (bicyclic) bond motifs is 1. The Bertz CT molecular complexity index is 974. The van der Waals surface area contributed by atoms with E-state index in [2.05, 4.69) is 10.2 Å². The normalized spacial score (nSPS) is 16.4. The summed E-state index contributed by atoms with van der Waals surface area (Å²) in [6.07, 6.45) is 4.94. The molecule has 1 unspecified atom stereocenters. The predicted molar refractivity (Wildman–Crippen MR) is 112 cm³/mol. The van der Waals surface area contributed by atoms with Crippen LogP contribution in [0.5, 0.6) is 5.75 Å². The molecule has 1 atom stereocenters. The van der Waals surface area contributed by atoms with Crippen molar-refractivity contribution in [2.75, 3.05) is 18.9 Å². The van der Waals surface area contributed by atoms with E-state index in [0.717, 1.165) is 59.1 Å². The molecule has 2 aromatic carbocycles. The number of anilines is 1. The molecule has 28 heavy (non-hydrogen) atoms. The van der Waals surface area contributed by atoms with Crippen LogP contribution in [0.15, 0.2) is 42.6 Å². The van der Waals surface area contributed by atoms with Gasteiger partial charge in [-0.15, -0.1) is 0 Å². The number of rotatable bonds is 6. The summed E-state index contributed by atoms with van der Waals surface area (Å²) in [6.45, 7) is 2.63. The van der Waals surface area contributed by atoms with Crippen molar-refractivity contribution < 1.29 is 14.5 Å². The summed E-state index contributed by atoms with van der Waals surface area (Å²) in [5, 5.41) is 19.0. The first-order valence-corrected chi connectivity index (χ1v) is 9.69. The van der Waals surface area contributed by atoms with Crippen molar-refractivity contribution >= 4 is 29.0 Å². The van der Waals surface area contributed by atoms with Gasteiger partial charge in [-0.3, -0.25) is 0 Å². The highest BCUT2D eigenvalue weighted by atomic mass is 16.5. The Labute approximate surface area is 164 Å². The average molecular weight is 377 g/mol. The molecule has 0 amide bonds. The molecule has 3 aromatic rings. The van der Waals surface area contributed by atoms with Crippen LogP contribution in [-0.2, 0) is 4.74 Å². The number of benzene rings is 2. The molecule has 3 N–H and O–H groups in total. The Hall–Kier alpha value is -2.64. The van der Waals surface area contributed by atoms with Gasteiger partial charge in [-0.25, -0.2) is 0 Å². The molecule has 1 aliphatic heterocycles. The third kappa shape index (κ3) is 3.95. The smallest absolute Gasteiger partial charge is 0.320 e. The number of hydrogen-bond donors (Lipinski definition) is 2. The maximum atomic E-state index is 10.0. The first-order chi connectivity index (χ1) is 13.6. The highest BCUT2D eigenvalue weighted by molar-refractivity contribution is 6.64. The lowest BCUT2D eigenvalue weighted by atomic mass is 9.64. The van der Waals surface area contributed by atoms with Crippen molar-refractivity contribution in [2.24, 2.45) is 0 Å². The van der Waals surface area contributed by atoms with Crippen molar-refractivity contribution in [3.05, 3.63) is 42.6 Å². The van der Waals surface area contributed by atoms with Crippen LogP contribution in [0.25, 0.3) is 22.0 Å². The number of nitrogens with two attached hydrogens (primary N) is 1. The summed E-state index contributed by atoms with van der Waals surface area (Å²) >= 11 is 0. The fourth-order valence-corrected chi connectivity index (χ4v) is 3.58. The zero-order chi connectivity index (χ0) is 19.5. The zero-order valence-electron chi connectivity index (χ0n) is 16.0. The van der Waals surface area contributed by atoms with Gasteiger partial charge >= 0.3 is 6.92 Å². The Balaban J connectivity index is 1.65. The summed E-state index contributed by atoms with van der Waals surface area (Å²) in [6, 6.07) is 11.7. The van der Waals surface area contributed by atoms with Gasteiger partial charge in [-0.1, -0.05) is 25.0 Å². The minimum absolute atomic E-state index is 0.291. The fraction of sp³-hybridized carbons (Fsp3) is 0.333. The van der Waals surface area contributed by atoms with Crippen molar-refractivity contribution in [1.82, 2.24) is 10.2 Å². The van der Waals surface area contributed by atoms with Crippen LogP contribution in [-0.4, -0.2) is 41.5 Å². The molecule has 1 aliphatic rings. The van der Waals surface area contributed by atoms with Gasteiger partial charge in [0.25, 0.3) is 0 Å². The first kappa shape index (κ1) is 18.7. The lowest BCUT2D eigenvalue weighted by Gasteiger charge is -2.16.